The number of aryl methyl sites for hydroxylation is 2. The summed E-state index contributed by atoms with van der Waals surface area (Å²) in [5.74, 6) is 0.985. The van der Waals surface area contributed by atoms with E-state index in [1.54, 1.807) is 18.4 Å². The fourth-order valence-electron chi connectivity index (χ4n) is 2.90. The van der Waals surface area contributed by atoms with Crippen molar-refractivity contribution < 1.29 is 9.53 Å². The number of anilines is 1. The fraction of sp³-hybridized carbons (Fsp3) is 0.286. The van der Waals surface area contributed by atoms with Crippen LogP contribution < -0.4 is 10.1 Å². The zero-order valence-electron chi connectivity index (χ0n) is 14.7. The number of thiophene rings is 1. The number of fused-ring (bicyclic) bond motifs is 1. The largest absolute Gasteiger partial charge is 0.497 e. The minimum Gasteiger partial charge on any atom is -0.497 e. The van der Waals surface area contributed by atoms with E-state index in [4.69, 9.17) is 4.74 Å². The fourth-order valence-corrected chi connectivity index (χ4v) is 3.55. The zero-order chi connectivity index (χ0) is 17.6. The second-order valence-corrected chi connectivity index (χ2v) is 7.31. The Labute approximate surface area is 152 Å². The van der Waals surface area contributed by atoms with E-state index in [9.17, 15) is 4.79 Å². The Kier molecular flexibility index (Phi) is 5.71. The Balaban J connectivity index is 1.48. The summed E-state index contributed by atoms with van der Waals surface area (Å²) in [5, 5.41) is 7.40. The molecule has 3 nitrogen and oxygen atoms in total. The minimum absolute atomic E-state index is 0.104. The van der Waals surface area contributed by atoms with Crippen molar-refractivity contribution in [2.45, 2.75) is 32.6 Å². The number of carbonyl (C=O) groups excluding carboxylic acids is 1. The van der Waals surface area contributed by atoms with Gasteiger partial charge in [-0.3, -0.25) is 4.79 Å². The molecule has 0 unspecified atom stereocenters. The molecule has 0 saturated heterocycles. The average Bonchev–Trinajstić information content (AvgIpc) is 3.03. The second-order valence-electron chi connectivity index (χ2n) is 6.19. The van der Waals surface area contributed by atoms with E-state index in [1.165, 1.54) is 16.3 Å². The predicted octanol–water partition coefficient (Wildman–Crippen LogP) is 5.57. The molecule has 0 fully saturated rings. The highest BCUT2D eigenvalue weighted by molar-refractivity contribution is 7.10. The Bertz CT molecular complexity index is 869. The number of unbranched alkanes of at least 4 members (excludes halogenated alkanes) is 1. The summed E-state index contributed by atoms with van der Waals surface area (Å²) in [7, 11) is 1.69. The molecule has 1 aromatic heterocycles. The molecule has 4 heteroatoms. The van der Waals surface area contributed by atoms with Gasteiger partial charge in [-0.1, -0.05) is 24.3 Å². The van der Waals surface area contributed by atoms with Gasteiger partial charge in [-0.05, 0) is 66.1 Å². The molecular weight excluding hydrogens is 330 g/mol. The van der Waals surface area contributed by atoms with Gasteiger partial charge >= 0.3 is 0 Å². The number of rotatable bonds is 7. The van der Waals surface area contributed by atoms with E-state index in [0.29, 0.717) is 6.42 Å². The Hall–Kier alpha value is -2.33. The number of amides is 1. The number of carbonyl (C=O) groups is 1. The van der Waals surface area contributed by atoms with Crippen LogP contribution in [0.25, 0.3) is 10.8 Å². The lowest BCUT2D eigenvalue weighted by Crippen LogP contribution is -2.11. The molecule has 0 spiro atoms. The topological polar surface area (TPSA) is 38.3 Å². The first-order valence-electron chi connectivity index (χ1n) is 8.56. The van der Waals surface area contributed by atoms with Gasteiger partial charge in [0.2, 0.25) is 5.91 Å². The molecule has 2 aromatic carbocycles. The number of hydrogen-bond acceptors (Lipinski definition) is 3. The third-order valence-corrected chi connectivity index (χ3v) is 5.21. The van der Waals surface area contributed by atoms with Gasteiger partial charge in [0.05, 0.1) is 12.8 Å². The number of hydrogen-bond donors (Lipinski definition) is 1. The van der Waals surface area contributed by atoms with E-state index >= 15 is 0 Å². The molecule has 0 saturated carbocycles. The van der Waals surface area contributed by atoms with Crippen molar-refractivity contribution in [3.63, 3.8) is 0 Å². The molecule has 25 heavy (non-hydrogen) atoms. The smallest absolute Gasteiger partial charge is 0.224 e. The van der Waals surface area contributed by atoms with Crippen molar-refractivity contribution >= 4 is 33.7 Å². The summed E-state index contributed by atoms with van der Waals surface area (Å²) in [6, 6.07) is 14.6. The van der Waals surface area contributed by atoms with Crippen molar-refractivity contribution in [2.75, 3.05) is 12.4 Å². The summed E-state index contributed by atoms with van der Waals surface area (Å²) < 4.78 is 5.26. The SMILES string of the molecule is COc1ccc2cc(CCCCC(=O)Nc3ccsc3C)ccc2c1. The highest BCUT2D eigenvalue weighted by Gasteiger charge is 2.06. The summed E-state index contributed by atoms with van der Waals surface area (Å²) >= 11 is 1.65. The van der Waals surface area contributed by atoms with Gasteiger partial charge in [0.15, 0.2) is 0 Å². The first-order chi connectivity index (χ1) is 12.2. The summed E-state index contributed by atoms with van der Waals surface area (Å²) in [4.78, 5) is 13.1. The zero-order valence-corrected chi connectivity index (χ0v) is 15.5. The van der Waals surface area contributed by atoms with Gasteiger partial charge in [-0.15, -0.1) is 11.3 Å². The number of methoxy groups -OCH3 is 1. The summed E-state index contributed by atoms with van der Waals surface area (Å²) in [6.45, 7) is 2.02. The molecule has 0 radical (unpaired) electrons. The summed E-state index contributed by atoms with van der Waals surface area (Å²) in [5.41, 5.74) is 2.26. The monoisotopic (exact) mass is 353 g/mol. The Morgan fingerprint density at radius 1 is 1.08 bits per heavy atom. The van der Waals surface area contributed by atoms with Gasteiger partial charge in [0.1, 0.15) is 5.75 Å². The highest BCUT2D eigenvalue weighted by Crippen LogP contribution is 2.23. The van der Waals surface area contributed by atoms with Gasteiger partial charge in [0, 0.05) is 11.3 Å². The van der Waals surface area contributed by atoms with Crippen molar-refractivity contribution in [1.29, 1.82) is 0 Å². The Morgan fingerprint density at radius 3 is 2.64 bits per heavy atom. The maximum absolute atomic E-state index is 12.0. The van der Waals surface area contributed by atoms with Crippen LogP contribution in [0.1, 0.15) is 29.7 Å². The number of ether oxygens (including phenoxy) is 1. The standard InChI is InChI=1S/C21H23NO2S/c1-15-20(11-12-25-15)22-21(23)6-4-3-5-16-7-8-18-14-19(24-2)10-9-17(18)13-16/h7-14H,3-6H2,1-2H3,(H,22,23). The van der Waals surface area contributed by atoms with Crippen molar-refractivity contribution in [3.05, 3.63) is 58.3 Å². The quantitative estimate of drug-likeness (QED) is 0.564. The van der Waals surface area contributed by atoms with Crippen LogP contribution in [-0.4, -0.2) is 13.0 Å². The molecular formula is C21H23NO2S. The number of nitrogens with one attached hydrogen (secondary N) is 1. The molecule has 3 rings (SSSR count). The van der Waals surface area contributed by atoms with Gasteiger partial charge in [-0.2, -0.15) is 0 Å². The van der Waals surface area contributed by atoms with Gasteiger partial charge in [-0.25, -0.2) is 0 Å². The van der Waals surface area contributed by atoms with Crippen LogP contribution in [-0.2, 0) is 11.2 Å². The first-order valence-corrected chi connectivity index (χ1v) is 9.44. The lowest BCUT2D eigenvalue weighted by Gasteiger charge is -2.07. The maximum Gasteiger partial charge on any atom is 0.224 e. The molecule has 1 heterocycles. The highest BCUT2D eigenvalue weighted by atomic mass is 32.1. The van der Waals surface area contributed by atoms with Crippen molar-refractivity contribution in [3.8, 4) is 5.75 Å². The molecule has 0 aliphatic heterocycles. The molecule has 1 amide bonds. The first kappa shape index (κ1) is 17.5. The van der Waals surface area contributed by atoms with Crippen LogP contribution in [0, 0.1) is 6.92 Å². The van der Waals surface area contributed by atoms with Crippen LogP contribution in [0.4, 0.5) is 5.69 Å². The molecule has 3 aromatic rings. The lowest BCUT2D eigenvalue weighted by molar-refractivity contribution is -0.116. The van der Waals surface area contributed by atoms with E-state index < -0.39 is 0 Å². The predicted molar refractivity (Wildman–Crippen MR) is 106 cm³/mol. The van der Waals surface area contributed by atoms with Crippen LogP contribution in [0.15, 0.2) is 47.8 Å². The molecule has 0 aliphatic rings. The molecule has 0 aliphatic carbocycles. The normalized spacial score (nSPS) is 10.8. The lowest BCUT2D eigenvalue weighted by atomic mass is 10.0. The van der Waals surface area contributed by atoms with E-state index in [0.717, 1.165) is 35.6 Å². The summed E-state index contributed by atoms with van der Waals surface area (Å²) in [6.07, 6.45) is 3.47. The van der Waals surface area contributed by atoms with Crippen LogP contribution in [0.2, 0.25) is 0 Å². The van der Waals surface area contributed by atoms with E-state index in [1.807, 2.05) is 24.4 Å². The van der Waals surface area contributed by atoms with Gasteiger partial charge in [0.25, 0.3) is 0 Å². The minimum atomic E-state index is 0.104. The molecule has 0 bridgehead atoms. The van der Waals surface area contributed by atoms with E-state index in [-0.39, 0.29) is 5.91 Å². The van der Waals surface area contributed by atoms with Crippen molar-refractivity contribution in [2.24, 2.45) is 0 Å². The van der Waals surface area contributed by atoms with Crippen molar-refractivity contribution in [1.82, 2.24) is 0 Å². The average molecular weight is 353 g/mol. The Morgan fingerprint density at radius 2 is 1.88 bits per heavy atom. The third-order valence-electron chi connectivity index (χ3n) is 4.36. The molecule has 1 N–H and O–H groups in total. The van der Waals surface area contributed by atoms with E-state index in [2.05, 4.69) is 35.6 Å². The number of benzene rings is 2. The van der Waals surface area contributed by atoms with Crippen LogP contribution >= 0.6 is 11.3 Å². The van der Waals surface area contributed by atoms with Crippen LogP contribution in [0.3, 0.4) is 0 Å². The maximum atomic E-state index is 12.0. The second kappa shape index (κ2) is 8.17. The van der Waals surface area contributed by atoms with Crippen LogP contribution in [0.5, 0.6) is 5.75 Å². The third kappa shape index (κ3) is 4.60. The molecule has 0 atom stereocenters. The molecule has 130 valence electrons. The van der Waals surface area contributed by atoms with Gasteiger partial charge < -0.3 is 10.1 Å².